The zero-order chi connectivity index (χ0) is 15.2. The molecule has 1 saturated heterocycles. The van der Waals surface area contributed by atoms with E-state index >= 15 is 0 Å². The number of carboxylic acids is 1. The van der Waals surface area contributed by atoms with E-state index in [0.29, 0.717) is 37.3 Å². The number of nitriles is 1. The van der Waals surface area contributed by atoms with Gasteiger partial charge in [0.25, 0.3) is 0 Å². The highest BCUT2D eigenvalue weighted by atomic mass is 16.4. The van der Waals surface area contributed by atoms with E-state index in [1.165, 1.54) is 0 Å². The smallest absolute Gasteiger partial charge is 0.307 e. The standard InChI is InChI=1S/C15H17N3O3/c16-9-11-3-1-2-4-13(11)17-14(19)6-8-18-7-5-12(10-18)15(20)21/h1-4,12H,5-8,10H2,(H,17,19)(H,20,21). The molecule has 110 valence electrons. The van der Waals surface area contributed by atoms with Crippen molar-refractivity contribution >= 4 is 17.6 Å². The summed E-state index contributed by atoms with van der Waals surface area (Å²) in [6.45, 7) is 1.74. The molecule has 1 fully saturated rings. The zero-order valence-corrected chi connectivity index (χ0v) is 11.6. The number of nitrogens with one attached hydrogen (secondary N) is 1. The van der Waals surface area contributed by atoms with E-state index < -0.39 is 5.97 Å². The largest absolute Gasteiger partial charge is 0.481 e. The maximum absolute atomic E-state index is 11.9. The fourth-order valence-corrected chi connectivity index (χ4v) is 2.40. The van der Waals surface area contributed by atoms with Crippen molar-refractivity contribution in [1.29, 1.82) is 5.26 Å². The Morgan fingerprint density at radius 1 is 1.43 bits per heavy atom. The van der Waals surface area contributed by atoms with E-state index in [4.69, 9.17) is 10.4 Å². The summed E-state index contributed by atoms with van der Waals surface area (Å²) in [6, 6.07) is 8.86. The zero-order valence-electron chi connectivity index (χ0n) is 11.6. The van der Waals surface area contributed by atoms with Crippen LogP contribution in [0.5, 0.6) is 0 Å². The lowest BCUT2D eigenvalue weighted by atomic mass is 10.1. The van der Waals surface area contributed by atoms with Gasteiger partial charge in [0, 0.05) is 19.5 Å². The first kappa shape index (κ1) is 15.0. The number of aliphatic carboxylic acids is 1. The van der Waals surface area contributed by atoms with Crippen LogP contribution >= 0.6 is 0 Å². The number of hydrogen-bond acceptors (Lipinski definition) is 4. The van der Waals surface area contributed by atoms with Crippen LogP contribution in [-0.2, 0) is 9.59 Å². The average molecular weight is 287 g/mol. The van der Waals surface area contributed by atoms with Crippen molar-refractivity contribution < 1.29 is 14.7 Å². The number of carbonyl (C=O) groups is 2. The Bertz CT molecular complexity index is 580. The van der Waals surface area contributed by atoms with Gasteiger partial charge in [-0.05, 0) is 25.1 Å². The van der Waals surface area contributed by atoms with Crippen LogP contribution in [0.25, 0.3) is 0 Å². The number of carboxylic acid groups (broad SMARTS) is 1. The first-order valence-electron chi connectivity index (χ1n) is 6.84. The third kappa shape index (κ3) is 4.04. The topological polar surface area (TPSA) is 93.4 Å². The van der Waals surface area contributed by atoms with Gasteiger partial charge >= 0.3 is 5.97 Å². The van der Waals surface area contributed by atoms with Crippen LogP contribution in [0, 0.1) is 17.2 Å². The fraction of sp³-hybridized carbons (Fsp3) is 0.400. The molecule has 6 nitrogen and oxygen atoms in total. The lowest BCUT2D eigenvalue weighted by molar-refractivity contribution is -0.141. The summed E-state index contributed by atoms with van der Waals surface area (Å²) in [6.07, 6.45) is 0.917. The summed E-state index contributed by atoms with van der Waals surface area (Å²) in [5.74, 6) is -1.27. The molecule has 1 aliphatic heterocycles. The summed E-state index contributed by atoms with van der Waals surface area (Å²) in [7, 11) is 0. The highest BCUT2D eigenvalue weighted by Crippen LogP contribution is 2.17. The number of para-hydroxylation sites is 1. The molecule has 1 atom stereocenters. The van der Waals surface area contributed by atoms with Crippen molar-refractivity contribution in [1.82, 2.24) is 4.90 Å². The monoisotopic (exact) mass is 287 g/mol. The Balaban J connectivity index is 1.81. The number of rotatable bonds is 5. The first-order valence-corrected chi connectivity index (χ1v) is 6.84. The third-order valence-corrected chi connectivity index (χ3v) is 3.60. The number of hydrogen-bond donors (Lipinski definition) is 2. The second-order valence-electron chi connectivity index (χ2n) is 5.08. The van der Waals surface area contributed by atoms with Crippen molar-refractivity contribution in [3.8, 4) is 6.07 Å². The van der Waals surface area contributed by atoms with Crippen molar-refractivity contribution in [3.63, 3.8) is 0 Å². The van der Waals surface area contributed by atoms with Crippen LogP contribution in [0.15, 0.2) is 24.3 Å². The van der Waals surface area contributed by atoms with Gasteiger partial charge in [-0.2, -0.15) is 5.26 Å². The molecule has 0 aliphatic carbocycles. The summed E-state index contributed by atoms with van der Waals surface area (Å²) < 4.78 is 0. The number of nitrogens with zero attached hydrogens (tertiary/aromatic N) is 2. The highest BCUT2D eigenvalue weighted by Gasteiger charge is 2.27. The molecule has 21 heavy (non-hydrogen) atoms. The molecule has 1 amide bonds. The van der Waals surface area contributed by atoms with Crippen molar-refractivity contribution in [2.24, 2.45) is 5.92 Å². The molecule has 1 aromatic carbocycles. The minimum absolute atomic E-state index is 0.170. The second-order valence-corrected chi connectivity index (χ2v) is 5.08. The fourth-order valence-electron chi connectivity index (χ4n) is 2.40. The molecule has 0 aromatic heterocycles. The Hall–Kier alpha value is -2.39. The molecule has 0 radical (unpaired) electrons. The molecule has 1 unspecified atom stereocenters. The SMILES string of the molecule is N#Cc1ccccc1NC(=O)CCN1CCC(C(=O)O)C1. The normalized spacial score (nSPS) is 18.1. The van der Waals surface area contributed by atoms with E-state index in [2.05, 4.69) is 5.32 Å². The predicted octanol–water partition coefficient (Wildman–Crippen LogP) is 1.29. The summed E-state index contributed by atoms with van der Waals surface area (Å²) in [5, 5.41) is 20.6. The number of carbonyl (C=O) groups excluding carboxylic acids is 1. The molecular formula is C15H17N3O3. The molecule has 2 N–H and O–H groups in total. The average Bonchev–Trinajstić information content (AvgIpc) is 2.95. The first-order chi connectivity index (χ1) is 10.1. The predicted molar refractivity (Wildman–Crippen MR) is 76.6 cm³/mol. The minimum atomic E-state index is -0.773. The molecule has 6 heteroatoms. The van der Waals surface area contributed by atoms with Crippen molar-refractivity contribution in [3.05, 3.63) is 29.8 Å². The van der Waals surface area contributed by atoms with Crippen molar-refractivity contribution in [2.45, 2.75) is 12.8 Å². The second kappa shape index (κ2) is 6.86. The van der Waals surface area contributed by atoms with Gasteiger partial charge in [0.2, 0.25) is 5.91 Å². The molecule has 0 spiro atoms. The maximum atomic E-state index is 11.9. The molecular weight excluding hydrogens is 270 g/mol. The Morgan fingerprint density at radius 2 is 2.19 bits per heavy atom. The van der Waals surface area contributed by atoms with Crippen LogP contribution < -0.4 is 5.32 Å². The summed E-state index contributed by atoms with van der Waals surface area (Å²) in [5.41, 5.74) is 0.938. The number of anilines is 1. The van der Waals surface area contributed by atoms with Crippen LogP contribution in [0.2, 0.25) is 0 Å². The Morgan fingerprint density at radius 3 is 2.86 bits per heavy atom. The Labute approximate surface area is 123 Å². The van der Waals surface area contributed by atoms with Gasteiger partial charge in [0.05, 0.1) is 17.2 Å². The van der Waals surface area contributed by atoms with E-state index in [1.54, 1.807) is 24.3 Å². The third-order valence-electron chi connectivity index (χ3n) is 3.60. The molecule has 2 rings (SSSR count). The molecule has 0 bridgehead atoms. The van der Waals surface area contributed by atoms with E-state index in [-0.39, 0.29) is 18.2 Å². The minimum Gasteiger partial charge on any atom is -0.481 e. The summed E-state index contributed by atoms with van der Waals surface area (Å²) >= 11 is 0. The molecule has 1 aromatic rings. The Kier molecular flexibility index (Phi) is 4.90. The molecule has 1 heterocycles. The van der Waals surface area contributed by atoms with Gasteiger partial charge in [0.15, 0.2) is 0 Å². The van der Waals surface area contributed by atoms with Gasteiger partial charge in [-0.3, -0.25) is 9.59 Å². The van der Waals surface area contributed by atoms with E-state index in [0.717, 1.165) is 0 Å². The van der Waals surface area contributed by atoms with Crippen LogP contribution in [0.3, 0.4) is 0 Å². The van der Waals surface area contributed by atoms with E-state index in [1.807, 2.05) is 11.0 Å². The van der Waals surface area contributed by atoms with Crippen LogP contribution in [0.1, 0.15) is 18.4 Å². The van der Waals surface area contributed by atoms with Gasteiger partial charge in [-0.25, -0.2) is 0 Å². The van der Waals surface area contributed by atoms with Crippen molar-refractivity contribution in [2.75, 3.05) is 25.0 Å². The molecule has 1 aliphatic rings. The quantitative estimate of drug-likeness (QED) is 0.851. The number of benzene rings is 1. The highest BCUT2D eigenvalue weighted by molar-refractivity contribution is 5.92. The number of likely N-dealkylation sites (tertiary alicyclic amines) is 1. The van der Waals surface area contributed by atoms with Gasteiger partial charge in [-0.15, -0.1) is 0 Å². The lowest BCUT2D eigenvalue weighted by Crippen LogP contribution is -2.27. The lowest BCUT2D eigenvalue weighted by Gasteiger charge is -2.14. The number of amides is 1. The van der Waals surface area contributed by atoms with Crippen LogP contribution in [0.4, 0.5) is 5.69 Å². The van der Waals surface area contributed by atoms with Gasteiger partial charge in [0.1, 0.15) is 6.07 Å². The van der Waals surface area contributed by atoms with E-state index in [9.17, 15) is 9.59 Å². The summed E-state index contributed by atoms with van der Waals surface area (Å²) in [4.78, 5) is 24.7. The van der Waals surface area contributed by atoms with Gasteiger partial charge in [-0.1, -0.05) is 12.1 Å². The van der Waals surface area contributed by atoms with Crippen LogP contribution in [-0.4, -0.2) is 41.5 Å². The molecule has 0 saturated carbocycles. The van der Waals surface area contributed by atoms with Gasteiger partial charge < -0.3 is 15.3 Å². The maximum Gasteiger partial charge on any atom is 0.307 e.